The third-order valence-electron chi connectivity index (χ3n) is 3.43. The standard InChI is InChI=1S/C17H15ClN4O/c1-10-3-6-12(7-4-10)16(23)22-21-15-13-9-11(2)5-8-14(13)19-17(18)20-15/h3-9H,1-2H3,(H,22,23)(H,19,20,21). The molecule has 0 aliphatic carbocycles. The summed E-state index contributed by atoms with van der Waals surface area (Å²) >= 11 is 5.94. The molecule has 6 heteroatoms. The maximum absolute atomic E-state index is 12.2. The fraction of sp³-hybridized carbons (Fsp3) is 0.118. The van der Waals surface area contributed by atoms with Crippen molar-refractivity contribution in [3.05, 3.63) is 64.4 Å². The Morgan fingerprint density at radius 1 is 1.00 bits per heavy atom. The monoisotopic (exact) mass is 326 g/mol. The van der Waals surface area contributed by atoms with Crippen LogP contribution in [-0.4, -0.2) is 15.9 Å². The summed E-state index contributed by atoms with van der Waals surface area (Å²) < 4.78 is 0. The van der Waals surface area contributed by atoms with Crippen LogP contribution in [0.4, 0.5) is 5.82 Å². The van der Waals surface area contributed by atoms with Crippen molar-refractivity contribution in [1.82, 2.24) is 15.4 Å². The first kappa shape index (κ1) is 15.2. The first-order chi connectivity index (χ1) is 11.0. The third-order valence-corrected chi connectivity index (χ3v) is 3.60. The largest absolute Gasteiger partial charge is 0.281 e. The van der Waals surface area contributed by atoms with E-state index in [1.807, 2.05) is 44.2 Å². The van der Waals surface area contributed by atoms with E-state index in [0.717, 1.165) is 16.5 Å². The Kier molecular flexibility index (Phi) is 4.12. The number of hydrogen-bond donors (Lipinski definition) is 2. The smallest absolute Gasteiger partial charge is 0.269 e. The fourth-order valence-electron chi connectivity index (χ4n) is 2.20. The molecule has 3 aromatic rings. The van der Waals surface area contributed by atoms with E-state index in [-0.39, 0.29) is 11.2 Å². The number of hydrogen-bond acceptors (Lipinski definition) is 4. The summed E-state index contributed by atoms with van der Waals surface area (Å²) in [5.74, 6) is 0.213. The molecule has 23 heavy (non-hydrogen) atoms. The van der Waals surface area contributed by atoms with Gasteiger partial charge >= 0.3 is 0 Å². The van der Waals surface area contributed by atoms with Gasteiger partial charge in [-0.25, -0.2) is 4.98 Å². The van der Waals surface area contributed by atoms with Gasteiger partial charge in [-0.2, -0.15) is 4.98 Å². The number of carbonyl (C=O) groups excluding carboxylic acids is 1. The Hall–Kier alpha value is -2.66. The topological polar surface area (TPSA) is 66.9 Å². The van der Waals surface area contributed by atoms with Crippen molar-refractivity contribution in [3.8, 4) is 0 Å². The Labute approximate surface area is 138 Å². The lowest BCUT2D eigenvalue weighted by molar-refractivity contribution is 0.0962. The molecule has 116 valence electrons. The summed E-state index contributed by atoms with van der Waals surface area (Å²) in [7, 11) is 0. The molecule has 3 rings (SSSR count). The van der Waals surface area contributed by atoms with Crippen LogP contribution in [0.15, 0.2) is 42.5 Å². The molecule has 2 aromatic carbocycles. The van der Waals surface area contributed by atoms with E-state index in [0.29, 0.717) is 16.9 Å². The molecule has 0 saturated heterocycles. The Balaban J connectivity index is 1.85. The fourth-order valence-corrected chi connectivity index (χ4v) is 2.38. The van der Waals surface area contributed by atoms with Gasteiger partial charge in [0.15, 0.2) is 5.82 Å². The van der Waals surface area contributed by atoms with Crippen molar-refractivity contribution in [2.24, 2.45) is 0 Å². The highest BCUT2D eigenvalue weighted by atomic mass is 35.5. The maximum Gasteiger partial charge on any atom is 0.269 e. The first-order valence-corrected chi connectivity index (χ1v) is 7.47. The predicted octanol–water partition coefficient (Wildman–Crippen LogP) is 3.66. The Morgan fingerprint density at radius 3 is 2.43 bits per heavy atom. The van der Waals surface area contributed by atoms with E-state index in [4.69, 9.17) is 11.6 Å². The number of carbonyl (C=O) groups is 1. The van der Waals surface area contributed by atoms with Crippen molar-refractivity contribution in [1.29, 1.82) is 0 Å². The van der Waals surface area contributed by atoms with Crippen LogP contribution < -0.4 is 10.9 Å². The van der Waals surface area contributed by atoms with E-state index in [9.17, 15) is 4.79 Å². The van der Waals surface area contributed by atoms with Crippen LogP contribution in [0.5, 0.6) is 0 Å². The number of rotatable bonds is 3. The number of fused-ring (bicyclic) bond motifs is 1. The SMILES string of the molecule is Cc1ccc(C(=O)NNc2nc(Cl)nc3ccc(C)cc23)cc1. The summed E-state index contributed by atoms with van der Waals surface area (Å²) in [6.07, 6.45) is 0. The van der Waals surface area contributed by atoms with Gasteiger partial charge in [-0.05, 0) is 49.7 Å². The average molecular weight is 327 g/mol. The van der Waals surface area contributed by atoms with Crippen LogP contribution in [0, 0.1) is 13.8 Å². The highest BCUT2D eigenvalue weighted by Gasteiger charge is 2.09. The van der Waals surface area contributed by atoms with Gasteiger partial charge in [0.2, 0.25) is 5.28 Å². The molecule has 0 aliphatic rings. The zero-order valence-electron chi connectivity index (χ0n) is 12.7. The van der Waals surface area contributed by atoms with Crippen molar-refractivity contribution < 1.29 is 4.79 Å². The minimum Gasteiger partial charge on any atom is -0.281 e. The molecule has 0 saturated carbocycles. The van der Waals surface area contributed by atoms with E-state index < -0.39 is 0 Å². The number of amides is 1. The maximum atomic E-state index is 12.2. The number of hydrazine groups is 1. The summed E-state index contributed by atoms with van der Waals surface area (Å²) in [6, 6.07) is 13.0. The van der Waals surface area contributed by atoms with Crippen molar-refractivity contribution in [3.63, 3.8) is 0 Å². The van der Waals surface area contributed by atoms with Crippen molar-refractivity contribution >= 4 is 34.2 Å². The normalized spacial score (nSPS) is 10.6. The second-order valence-corrected chi connectivity index (χ2v) is 5.65. The number of benzene rings is 2. The molecular formula is C17H15ClN4O. The molecule has 0 spiro atoms. The highest BCUT2D eigenvalue weighted by molar-refractivity contribution is 6.28. The number of nitrogens with zero attached hydrogens (tertiary/aromatic N) is 2. The second-order valence-electron chi connectivity index (χ2n) is 5.31. The summed E-state index contributed by atoms with van der Waals surface area (Å²) in [4.78, 5) is 20.5. The van der Waals surface area contributed by atoms with E-state index in [1.54, 1.807) is 12.1 Å². The van der Waals surface area contributed by atoms with Crippen molar-refractivity contribution in [2.45, 2.75) is 13.8 Å². The van der Waals surface area contributed by atoms with Crippen LogP contribution in [-0.2, 0) is 0 Å². The number of aryl methyl sites for hydroxylation is 2. The second kappa shape index (κ2) is 6.22. The van der Waals surface area contributed by atoms with Gasteiger partial charge in [0, 0.05) is 10.9 Å². The lowest BCUT2D eigenvalue weighted by Gasteiger charge is -2.11. The minimum absolute atomic E-state index is 0.119. The van der Waals surface area contributed by atoms with E-state index in [1.165, 1.54) is 0 Å². The average Bonchev–Trinajstić information content (AvgIpc) is 2.53. The van der Waals surface area contributed by atoms with Gasteiger partial charge in [-0.3, -0.25) is 15.6 Å². The van der Waals surface area contributed by atoms with Crippen LogP contribution in [0.25, 0.3) is 10.9 Å². The molecule has 5 nitrogen and oxygen atoms in total. The van der Waals surface area contributed by atoms with Crippen LogP contribution in [0.2, 0.25) is 5.28 Å². The minimum atomic E-state index is -0.250. The van der Waals surface area contributed by atoms with Crippen molar-refractivity contribution in [2.75, 3.05) is 5.43 Å². The summed E-state index contributed by atoms with van der Waals surface area (Å²) in [5.41, 5.74) is 8.90. The summed E-state index contributed by atoms with van der Waals surface area (Å²) in [5, 5.41) is 0.909. The molecule has 1 amide bonds. The van der Waals surface area contributed by atoms with Gasteiger partial charge < -0.3 is 0 Å². The molecule has 0 bridgehead atoms. The van der Waals surface area contributed by atoms with Crippen LogP contribution in [0.1, 0.15) is 21.5 Å². The molecule has 0 unspecified atom stereocenters. The lowest BCUT2D eigenvalue weighted by Crippen LogP contribution is -2.30. The number of anilines is 1. The molecule has 0 aliphatic heterocycles. The number of aromatic nitrogens is 2. The number of halogens is 1. The van der Waals surface area contributed by atoms with E-state index >= 15 is 0 Å². The third kappa shape index (κ3) is 3.40. The molecular weight excluding hydrogens is 312 g/mol. The highest BCUT2D eigenvalue weighted by Crippen LogP contribution is 2.22. The van der Waals surface area contributed by atoms with Gasteiger partial charge in [0.1, 0.15) is 0 Å². The molecule has 0 atom stereocenters. The lowest BCUT2D eigenvalue weighted by atomic mass is 10.1. The van der Waals surface area contributed by atoms with Gasteiger partial charge in [-0.15, -0.1) is 0 Å². The molecule has 1 heterocycles. The molecule has 0 fully saturated rings. The number of nitrogens with one attached hydrogen (secondary N) is 2. The van der Waals surface area contributed by atoms with Crippen LogP contribution in [0.3, 0.4) is 0 Å². The molecule has 2 N–H and O–H groups in total. The molecule has 1 aromatic heterocycles. The predicted molar refractivity (Wildman–Crippen MR) is 91.6 cm³/mol. The van der Waals surface area contributed by atoms with Crippen LogP contribution >= 0.6 is 11.6 Å². The zero-order chi connectivity index (χ0) is 16.4. The van der Waals surface area contributed by atoms with Gasteiger partial charge in [0.05, 0.1) is 5.52 Å². The summed E-state index contributed by atoms with van der Waals surface area (Å²) in [6.45, 7) is 3.94. The van der Waals surface area contributed by atoms with E-state index in [2.05, 4.69) is 20.8 Å². The zero-order valence-corrected chi connectivity index (χ0v) is 13.5. The first-order valence-electron chi connectivity index (χ1n) is 7.10. The van der Waals surface area contributed by atoms with Gasteiger partial charge in [0.25, 0.3) is 5.91 Å². The quantitative estimate of drug-likeness (QED) is 0.569. The Bertz CT molecular complexity index is 878. The van der Waals surface area contributed by atoms with Gasteiger partial charge in [-0.1, -0.05) is 29.3 Å². The molecule has 0 radical (unpaired) electrons. The Morgan fingerprint density at radius 2 is 1.70 bits per heavy atom.